The summed E-state index contributed by atoms with van der Waals surface area (Å²) in [6, 6.07) is 0. The van der Waals surface area contributed by atoms with Crippen LogP contribution in [0.3, 0.4) is 0 Å². The number of rotatable bonds is 19. The number of carbonyl (C=O) groups is 1. The molecule has 4 heteroatoms. The van der Waals surface area contributed by atoms with Crippen molar-refractivity contribution in [3.63, 3.8) is 0 Å². The zero-order chi connectivity index (χ0) is 20.2. The Balaban J connectivity index is 3.34. The molecular formula is C23H45N2O2-. The van der Waals surface area contributed by atoms with E-state index < -0.39 is 0 Å². The van der Waals surface area contributed by atoms with Gasteiger partial charge >= 0.3 is 0 Å². The van der Waals surface area contributed by atoms with Crippen LogP contribution in [-0.2, 0) is 4.79 Å². The standard InChI is InChI=1S/C23H45N2O2/c1-4-5-6-7-8-9-10-11-12-13-14-15-16-17-18-20-23(26)25(27)22-19-21-24(2)3/h11-12H,4-10,13-22H2,1-3H3/q-1/b12-11+. The maximum absolute atomic E-state index is 11.7. The van der Waals surface area contributed by atoms with Crippen LogP contribution in [0.4, 0.5) is 0 Å². The zero-order valence-corrected chi connectivity index (χ0v) is 18.4. The van der Waals surface area contributed by atoms with Crippen LogP contribution in [0.15, 0.2) is 12.2 Å². The third-order valence-corrected chi connectivity index (χ3v) is 4.90. The zero-order valence-electron chi connectivity index (χ0n) is 18.4. The highest BCUT2D eigenvalue weighted by Gasteiger charge is 2.04. The van der Waals surface area contributed by atoms with E-state index in [2.05, 4.69) is 19.1 Å². The van der Waals surface area contributed by atoms with E-state index in [1.165, 1.54) is 64.2 Å². The van der Waals surface area contributed by atoms with E-state index in [9.17, 15) is 10.0 Å². The summed E-state index contributed by atoms with van der Waals surface area (Å²) in [4.78, 5) is 13.8. The number of nitrogens with zero attached hydrogens (tertiary/aromatic N) is 2. The lowest BCUT2D eigenvalue weighted by Gasteiger charge is -2.28. The minimum absolute atomic E-state index is 0.244. The molecule has 27 heavy (non-hydrogen) atoms. The van der Waals surface area contributed by atoms with Gasteiger partial charge in [0.15, 0.2) is 0 Å². The predicted molar refractivity (Wildman–Crippen MR) is 118 cm³/mol. The number of hydrogen-bond acceptors (Lipinski definition) is 3. The summed E-state index contributed by atoms with van der Waals surface area (Å²) in [5, 5.41) is 12.3. The Bertz CT molecular complexity index is 356. The summed E-state index contributed by atoms with van der Waals surface area (Å²) < 4.78 is 0. The van der Waals surface area contributed by atoms with Gasteiger partial charge in [0, 0.05) is 13.0 Å². The van der Waals surface area contributed by atoms with Crippen LogP contribution in [0.5, 0.6) is 0 Å². The first kappa shape index (κ1) is 26.1. The maximum Gasteiger partial charge on any atom is 0.212 e. The number of hydrogen-bond donors (Lipinski definition) is 0. The van der Waals surface area contributed by atoms with Gasteiger partial charge in [0.1, 0.15) is 0 Å². The van der Waals surface area contributed by atoms with Crippen molar-refractivity contribution < 1.29 is 4.79 Å². The number of carbonyl (C=O) groups excluding carboxylic acids is 1. The van der Waals surface area contributed by atoms with E-state index >= 15 is 0 Å². The molecule has 0 radical (unpaired) electrons. The molecule has 0 heterocycles. The summed E-state index contributed by atoms with van der Waals surface area (Å²) in [6.45, 7) is 3.43. The average molecular weight is 382 g/mol. The Morgan fingerprint density at radius 1 is 0.741 bits per heavy atom. The topological polar surface area (TPSA) is 46.6 Å². The first-order valence-electron chi connectivity index (χ1n) is 11.3. The van der Waals surface area contributed by atoms with E-state index in [-0.39, 0.29) is 5.91 Å². The quantitative estimate of drug-likeness (QED) is 0.150. The Kier molecular flexibility index (Phi) is 19.2. The molecule has 4 nitrogen and oxygen atoms in total. The molecule has 0 bridgehead atoms. The normalized spacial score (nSPS) is 11.6. The molecule has 0 N–H and O–H groups in total. The molecule has 0 aliphatic rings. The minimum atomic E-state index is -0.244. The Labute approximate surface area is 169 Å². The summed E-state index contributed by atoms with van der Waals surface area (Å²) in [6.07, 6.45) is 22.0. The van der Waals surface area contributed by atoms with Gasteiger partial charge in [0.05, 0.1) is 0 Å². The second-order valence-corrected chi connectivity index (χ2v) is 7.99. The van der Waals surface area contributed by atoms with Gasteiger partial charge in [0.25, 0.3) is 0 Å². The fourth-order valence-corrected chi connectivity index (χ4v) is 3.13. The molecule has 0 unspecified atom stereocenters. The molecular weight excluding hydrogens is 336 g/mol. The molecule has 0 aromatic heterocycles. The molecule has 0 spiro atoms. The highest BCUT2D eigenvalue weighted by atomic mass is 16.5. The van der Waals surface area contributed by atoms with E-state index in [4.69, 9.17) is 0 Å². The number of hydroxylamine groups is 2. The summed E-state index contributed by atoms with van der Waals surface area (Å²) in [7, 11) is 3.95. The van der Waals surface area contributed by atoms with Crippen LogP contribution in [0.25, 0.3) is 0 Å². The molecule has 0 saturated heterocycles. The molecule has 160 valence electrons. The van der Waals surface area contributed by atoms with Crippen molar-refractivity contribution in [2.45, 2.75) is 103 Å². The molecule has 0 fully saturated rings. The van der Waals surface area contributed by atoms with Crippen molar-refractivity contribution in [1.82, 2.24) is 9.96 Å². The molecule has 1 amide bonds. The third kappa shape index (κ3) is 19.7. The van der Waals surface area contributed by atoms with Crippen molar-refractivity contribution in [2.75, 3.05) is 27.2 Å². The molecule has 0 aromatic carbocycles. The molecule has 0 aliphatic heterocycles. The van der Waals surface area contributed by atoms with Crippen LogP contribution in [-0.4, -0.2) is 43.1 Å². The van der Waals surface area contributed by atoms with Gasteiger partial charge in [-0.1, -0.05) is 70.4 Å². The third-order valence-electron chi connectivity index (χ3n) is 4.90. The van der Waals surface area contributed by atoms with E-state index in [0.29, 0.717) is 18.0 Å². The monoisotopic (exact) mass is 381 g/mol. The van der Waals surface area contributed by atoms with Gasteiger partial charge in [-0.3, -0.25) is 4.79 Å². The minimum Gasteiger partial charge on any atom is -0.756 e. The lowest BCUT2D eigenvalue weighted by molar-refractivity contribution is -0.128. The molecule has 0 atom stereocenters. The highest BCUT2D eigenvalue weighted by Crippen LogP contribution is 2.10. The van der Waals surface area contributed by atoms with Gasteiger partial charge in [-0.05, 0) is 59.2 Å². The van der Waals surface area contributed by atoms with Crippen molar-refractivity contribution in [1.29, 1.82) is 0 Å². The Hall–Kier alpha value is -0.870. The number of unbranched alkanes of at least 4 members (excludes halogenated alkanes) is 11. The van der Waals surface area contributed by atoms with Crippen LogP contribution in [0.1, 0.15) is 103 Å². The molecule has 0 aliphatic carbocycles. The van der Waals surface area contributed by atoms with Crippen molar-refractivity contribution in [2.24, 2.45) is 0 Å². The number of allylic oxidation sites excluding steroid dienone is 2. The van der Waals surface area contributed by atoms with Crippen LogP contribution in [0.2, 0.25) is 0 Å². The number of amides is 1. The van der Waals surface area contributed by atoms with Crippen molar-refractivity contribution in [3.05, 3.63) is 17.4 Å². The molecule has 0 saturated carbocycles. The smallest absolute Gasteiger partial charge is 0.212 e. The highest BCUT2D eigenvalue weighted by molar-refractivity contribution is 5.76. The lowest BCUT2D eigenvalue weighted by atomic mass is 10.1. The predicted octanol–water partition coefficient (Wildman–Crippen LogP) is 6.30. The summed E-state index contributed by atoms with van der Waals surface area (Å²) in [5.41, 5.74) is 0. The lowest BCUT2D eigenvalue weighted by Crippen LogP contribution is -2.28. The van der Waals surface area contributed by atoms with Crippen LogP contribution in [0, 0.1) is 5.21 Å². The van der Waals surface area contributed by atoms with Crippen LogP contribution >= 0.6 is 0 Å². The Morgan fingerprint density at radius 3 is 1.81 bits per heavy atom. The summed E-state index contributed by atoms with van der Waals surface area (Å²) in [5.74, 6) is -0.244. The van der Waals surface area contributed by atoms with Gasteiger partial charge in [0.2, 0.25) is 5.91 Å². The first-order valence-corrected chi connectivity index (χ1v) is 11.3. The van der Waals surface area contributed by atoms with E-state index in [0.717, 1.165) is 32.2 Å². The van der Waals surface area contributed by atoms with Crippen LogP contribution < -0.4 is 0 Å². The largest absolute Gasteiger partial charge is 0.756 e. The van der Waals surface area contributed by atoms with Gasteiger partial charge in [-0.2, -0.15) is 0 Å². The SMILES string of the molecule is CCCCCCCC/C=C/CCCCCCCC(=O)N([O-])CCCN(C)C. The second-order valence-electron chi connectivity index (χ2n) is 7.99. The van der Waals surface area contributed by atoms with Gasteiger partial charge in [-0.15, -0.1) is 0 Å². The first-order chi connectivity index (χ1) is 13.1. The fourth-order valence-electron chi connectivity index (χ4n) is 3.13. The Morgan fingerprint density at radius 2 is 1.26 bits per heavy atom. The van der Waals surface area contributed by atoms with E-state index in [1.807, 2.05) is 19.0 Å². The molecule has 0 aromatic rings. The molecule has 0 rings (SSSR count). The van der Waals surface area contributed by atoms with Gasteiger partial charge < -0.3 is 15.2 Å². The van der Waals surface area contributed by atoms with Gasteiger partial charge in [-0.25, -0.2) is 0 Å². The van der Waals surface area contributed by atoms with Crippen molar-refractivity contribution >= 4 is 5.91 Å². The average Bonchev–Trinajstić information content (AvgIpc) is 2.64. The maximum atomic E-state index is 11.7. The second kappa shape index (κ2) is 19.9. The van der Waals surface area contributed by atoms with E-state index in [1.54, 1.807) is 0 Å². The summed E-state index contributed by atoms with van der Waals surface area (Å²) >= 11 is 0. The van der Waals surface area contributed by atoms with Crippen molar-refractivity contribution in [3.8, 4) is 0 Å². The fraction of sp³-hybridized carbons (Fsp3) is 0.870.